The van der Waals surface area contributed by atoms with Crippen molar-refractivity contribution in [3.63, 3.8) is 0 Å². The Hall–Kier alpha value is -3.86. The molecule has 2 atom stereocenters. The third-order valence-corrected chi connectivity index (χ3v) is 6.65. The Labute approximate surface area is 198 Å². The maximum atomic E-state index is 15.0. The van der Waals surface area contributed by atoms with Crippen LogP contribution in [-0.2, 0) is 0 Å². The third kappa shape index (κ3) is 3.72. The van der Waals surface area contributed by atoms with Gasteiger partial charge in [0.25, 0.3) is 5.91 Å². The normalized spacial score (nSPS) is 19.9. The molecular formula is C24H23F2N7O2. The van der Waals surface area contributed by atoms with E-state index < -0.39 is 23.8 Å². The number of alkyl halides is 1. The van der Waals surface area contributed by atoms with Crippen LogP contribution in [0.4, 0.5) is 14.5 Å². The summed E-state index contributed by atoms with van der Waals surface area (Å²) in [5.41, 5.74) is 8.70. The summed E-state index contributed by atoms with van der Waals surface area (Å²) in [6, 6.07) is 6.70. The number of amides is 1. The van der Waals surface area contributed by atoms with E-state index in [1.54, 1.807) is 17.4 Å². The highest BCUT2D eigenvalue weighted by Crippen LogP contribution is 2.43. The van der Waals surface area contributed by atoms with Gasteiger partial charge in [-0.1, -0.05) is 5.16 Å². The maximum absolute atomic E-state index is 15.0. The van der Waals surface area contributed by atoms with Gasteiger partial charge in [-0.05, 0) is 43.2 Å². The van der Waals surface area contributed by atoms with Gasteiger partial charge in [-0.15, -0.1) is 0 Å². The summed E-state index contributed by atoms with van der Waals surface area (Å²) in [5, 5.41) is 7.22. The Morgan fingerprint density at radius 1 is 1.23 bits per heavy atom. The van der Waals surface area contributed by atoms with Gasteiger partial charge < -0.3 is 20.5 Å². The molecule has 1 saturated heterocycles. The molecule has 11 heteroatoms. The molecule has 0 radical (unpaired) electrons. The summed E-state index contributed by atoms with van der Waals surface area (Å²) in [5.74, 6) is -1.27. The van der Waals surface area contributed by atoms with E-state index in [1.165, 1.54) is 6.07 Å². The second-order valence-electron chi connectivity index (χ2n) is 8.97. The minimum Gasteiger partial charge on any atom is -0.368 e. The number of primary amides is 1. The number of piperazine rings is 1. The smallest absolute Gasteiger partial charge is 0.268 e. The Bertz CT molecular complexity index is 1460. The first kappa shape index (κ1) is 21.7. The number of anilines is 1. The van der Waals surface area contributed by atoms with Crippen molar-refractivity contribution in [3.05, 3.63) is 53.4 Å². The molecule has 0 spiro atoms. The van der Waals surface area contributed by atoms with E-state index >= 15 is 4.39 Å². The lowest BCUT2D eigenvalue weighted by molar-refractivity contribution is 0.0995. The molecule has 35 heavy (non-hydrogen) atoms. The van der Waals surface area contributed by atoms with Gasteiger partial charge in [0.05, 0.1) is 11.6 Å². The van der Waals surface area contributed by atoms with Crippen molar-refractivity contribution >= 4 is 17.2 Å². The minimum atomic E-state index is -0.990. The molecule has 3 aromatic heterocycles. The quantitative estimate of drug-likeness (QED) is 0.452. The number of hydrogen-bond acceptors (Lipinski definition) is 7. The van der Waals surface area contributed by atoms with Crippen LogP contribution in [-0.4, -0.2) is 57.8 Å². The number of hydrogen-bond donors (Lipinski definition) is 2. The molecule has 1 aromatic carbocycles. The zero-order valence-corrected chi connectivity index (χ0v) is 19.0. The van der Waals surface area contributed by atoms with Crippen LogP contribution in [0.15, 0.2) is 35.0 Å². The summed E-state index contributed by atoms with van der Waals surface area (Å²) in [7, 11) is 0. The lowest BCUT2D eigenvalue weighted by Gasteiger charge is -2.29. The molecule has 2 fully saturated rings. The molecule has 1 saturated carbocycles. The van der Waals surface area contributed by atoms with E-state index in [2.05, 4.69) is 25.3 Å². The zero-order valence-electron chi connectivity index (χ0n) is 19.0. The highest BCUT2D eigenvalue weighted by molar-refractivity contribution is 5.99. The number of rotatable bonds is 5. The van der Waals surface area contributed by atoms with Crippen LogP contribution < -0.4 is 16.0 Å². The number of carbonyl (C=O) groups is 1. The predicted molar refractivity (Wildman–Crippen MR) is 124 cm³/mol. The Morgan fingerprint density at radius 3 is 2.71 bits per heavy atom. The van der Waals surface area contributed by atoms with Crippen LogP contribution in [0.5, 0.6) is 0 Å². The third-order valence-electron chi connectivity index (χ3n) is 6.65. The second kappa shape index (κ2) is 8.12. The Kier molecular flexibility index (Phi) is 5.03. The molecule has 4 aromatic rings. The van der Waals surface area contributed by atoms with E-state index in [1.807, 2.05) is 18.3 Å². The number of carbonyl (C=O) groups excluding carboxylic acids is 1. The molecule has 0 unspecified atom stereocenters. The Balaban J connectivity index is 1.47. The number of nitrogens with two attached hydrogens (primary N) is 1. The SMILES string of the molecule is Cc1c(F)cc(-c2noc([C@H]3C[C@@H]3F)n2)cc1-c1nc2ccc(N3CCNCC3)cn2c1C(N)=O. The highest BCUT2D eigenvalue weighted by atomic mass is 19.1. The number of nitrogens with one attached hydrogen (secondary N) is 1. The van der Waals surface area contributed by atoms with Gasteiger partial charge in [0, 0.05) is 43.5 Å². The number of halogens is 2. The zero-order chi connectivity index (χ0) is 24.3. The molecule has 6 rings (SSSR count). The summed E-state index contributed by atoms with van der Waals surface area (Å²) in [6.45, 7) is 5.01. The average Bonchev–Trinajstić information content (AvgIpc) is 3.24. The van der Waals surface area contributed by atoms with Crippen molar-refractivity contribution in [3.8, 4) is 22.6 Å². The summed E-state index contributed by atoms with van der Waals surface area (Å²) in [4.78, 5) is 23.7. The Morgan fingerprint density at radius 2 is 2.00 bits per heavy atom. The van der Waals surface area contributed by atoms with E-state index in [9.17, 15) is 9.18 Å². The molecule has 0 bridgehead atoms. The van der Waals surface area contributed by atoms with E-state index in [-0.39, 0.29) is 23.1 Å². The fraction of sp³-hybridized carbons (Fsp3) is 0.333. The van der Waals surface area contributed by atoms with Crippen molar-refractivity contribution in [2.24, 2.45) is 5.73 Å². The van der Waals surface area contributed by atoms with E-state index in [0.29, 0.717) is 28.8 Å². The topological polar surface area (TPSA) is 115 Å². The number of pyridine rings is 1. The molecule has 4 heterocycles. The largest absolute Gasteiger partial charge is 0.368 e. The molecule has 1 aliphatic carbocycles. The van der Waals surface area contributed by atoms with Crippen molar-refractivity contribution in [2.75, 3.05) is 31.1 Å². The number of nitrogens with zero attached hydrogens (tertiary/aromatic N) is 5. The van der Waals surface area contributed by atoms with Crippen LogP contribution in [0.3, 0.4) is 0 Å². The van der Waals surface area contributed by atoms with E-state index in [0.717, 1.165) is 31.9 Å². The van der Waals surface area contributed by atoms with Gasteiger partial charge in [-0.2, -0.15) is 4.98 Å². The number of fused-ring (bicyclic) bond motifs is 1. The molecule has 9 nitrogen and oxygen atoms in total. The first-order valence-electron chi connectivity index (χ1n) is 11.5. The van der Waals surface area contributed by atoms with Gasteiger partial charge in [-0.3, -0.25) is 9.20 Å². The van der Waals surface area contributed by atoms with Gasteiger partial charge in [-0.25, -0.2) is 13.8 Å². The average molecular weight is 479 g/mol. The van der Waals surface area contributed by atoms with Crippen LogP contribution in [0, 0.1) is 12.7 Å². The fourth-order valence-electron chi connectivity index (χ4n) is 4.54. The monoisotopic (exact) mass is 479 g/mol. The van der Waals surface area contributed by atoms with Crippen molar-refractivity contribution in [2.45, 2.75) is 25.4 Å². The lowest BCUT2D eigenvalue weighted by atomic mass is 9.99. The summed E-state index contributed by atoms with van der Waals surface area (Å²) in [6.07, 6.45) is 1.19. The molecular weight excluding hydrogens is 456 g/mol. The number of benzene rings is 1. The van der Waals surface area contributed by atoms with Crippen LogP contribution in [0.25, 0.3) is 28.3 Å². The molecule has 180 valence electrons. The van der Waals surface area contributed by atoms with E-state index in [4.69, 9.17) is 10.3 Å². The van der Waals surface area contributed by atoms with Gasteiger partial charge in [0.15, 0.2) is 0 Å². The summed E-state index contributed by atoms with van der Waals surface area (Å²) >= 11 is 0. The van der Waals surface area contributed by atoms with Crippen molar-refractivity contribution in [1.29, 1.82) is 0 Å². The van der Waals surface area contributed by atoms with Crippen LogP contribution >= 0.6 is 0 Å². The molecule has 3 N–H and O–H groups in total. The van der Waals surface area contributed by atoms with Gasteiger partial charge in [0.2, 0.25) is 11.7 Å². The first-order valence-corrected chi connectivity index (χ1v) is 11.5. The number of imidazole rings is 1. The minimum absolute atomic E-state index is 0.143. The van der Waals surface area contributed by atoms with Crippen molar-refractivity contribution in [1.82, 2.24) is 24.8 Å². The van der Waals surface area contributed by atoms with Crippen LogP contribution in [0.1, 0.15) is 34.3 Å². The first-order chi connectivity index (χ1) is 16.9. The second-order valence-corrected chi connectivity index (χ2v) is 8.97. The predicted octanol–water partition coefficient (Wildman–Crippen LogP) is 2.83. The van der Waals surface area contributed by atoms with Crippen molar-refractivity contribution < 1.29 is 18.1 Å². The van der Waals surface area contributed by atoms with Gasteiger partial charge >= 0.3 is 0 Å². The molecule has 2 aliphatic rings. The maximum Gasteiger partial charge on any atom is 0.268 e. The lowest BCUT2D eigenvalue weighted by Crippen LogP contribution is -2.43. The standard InChI is InChI=1S/C24H23F2N7O2/c1-12-15(8-13(9-17(12)25)23-30-24(35-31-23)16-10-18(16)26)20-21(22(27)34)33-11-14(2-3-19(33)29-20)32-6-4-28-5-7-32/h2-3,8-9,11,16,18,28H,4-7,10H2,1H3,(H2,27,34)/t16-,18-/m0/s1. The number of aromatic nitrogens is 4. The summed E-state index contributed by atoms with van der Waals surface area (Å²) < 4.78 is 35.3. The van der Waals surface area contributed by atoms with Gasteiger partial charge in [0.1, 0.15) is 29.0 Å². The molecule has 1 aliphatic heterocycles. The molecule has 1 amide bonds. The van der Waals surface area contributed by atoms with Crippen LogP contribution in [0.2, 0.25) is 0 Å². The highest BCUT2D eigenvalue weighted by Gasteiger charge is 2.43. The fourth-order valence-corrected chi connectivity index (χ4v) is 4.54.